The maximum absolute atomic E-state index is 10.7. The number of hydrogen-bond donors (Lipinski definition) is 1. The van der Waals surface area contributed by atoms with Gasteiger partial charge in [-0.15, -0.1) is 0 Å². The van der Waals surface area contributed by atoms with E-state index in [-0.39, 0.29) is 5.91 Å². The molecule has 0 bridgehead atoms. The third-order valence-electron chi connectivity index (χ3n) is 2.67. The maximum Gasteiger partial charge on any atom is 0.231 e. The van der Waals surface area contributed by atoms with Gasteiger partial charge in [0.2, 0.25) is 5.91 Å². The summed E-state index contributed by atoms with van der Waals surface area (Å²) in [5.41, 5.74) is 5.16. The van der Waals surface area contributed by atoms with Crippen molar-refractivity contribution in [3.8, 4) is 0 Å². The molecule has 90 valence electrons. The summed E-state index contributed by atoms with van der Waals surface area (Å²) in [5, 5.41) is 0. The number of primary amides is 1. The fourth-order valence-electron chi connectivity index (χ4n) is 1.63. The molecule has 0 saturated heterocycles. The molecule has 0 saturated carbocycles. The highest BCUT2D eigenvalue weighted by Crippen LogP contribution is 1.94. The fraction of sp³-hybridized carbons (Fsp3) is 0.909. The Labute approximate surface area is 93.4 Å². The molecule has 0 aliphatic carbocycles. The average Bonchev–Trinajstić information content (AvgIpc) is 2.22. The zero-order valence-electron chi connectivity index (χ0n) is 10.3. The molecule has 0 aliphatic heterocycles. The lowest BCUT2D eigenvalue weighted by Crippen LogP contribution is -2.36. The number of nitrogens with two attached hydrogens (primary N) is 1. The van der Waals surface area contributed by atoms with Crippen molar-refractivity contribution < 1.29 is 4.79 Å². The number of amides is 1. The van der Waals surface area contributed by atoms with Crippen LogP contribution in [0.3, 0.4) is 0 Å². The standard InChI is InChI=1S/C11H25N3O/c1-4-13(5-2)8-7-9-14(6-3)10-11(12)15/h4-10H2,1-3H3,(H2,12,15). The molecule has 0 aromatic heterocycles. The topological polar surface area (TPSA) is 49.6 Å². The molecule has 0 fully saturated rings. The zero-order chi connectivity index (χ0) is 11.7. The van der Waals surface area contributed by atoms with Crippen LogP contribution in [-0.2, 0) is 4.79 Å². The van der Waals surface area contributed by atoms with Gasteiger partial charge in [0.05, 0.1) is 6.54 Å². The number of rotatable bonds is 9. The summed E-state index contributed by atoms with van der Waals surface area (Å²) in [7, 11) is 0. The first-order valence-electron chi connectivity index (χ1n) is 5.87. The predicted octanol–water partition coefficient (Wildman–Crippen LogP) is 0.526. The first kappa shape index (κ1) is 14.4. The number of carbonyl (C=O) groups excluding carboxylic acids is 1. The van der Waals surface area contributed by atoms with Gasteiger partial charge >= 0.3 is 0 Å². The van der Waals surface area contributed by atoms with Gasteiger partial charge < -0.3 is 10.6 Å². The number of likely N-dealkylation sites (N-methyl/N-ethyl adjacent to an activating group) is 1. The molecule has 0 heterocycles. The van der Waals surface area contributed by atoms with E-state index in [0.717, 1.165) is 39.1 Å². The molecule has 1 amide bonds. The second-order valence-electron chi connectivity index (χ2n) is 3.72. The van der Waals surface area contributed by atoms with Crippen LogP contribution in [0.25, 0.3) is 0 Å². The second kappa shape index (κ2) is 8.68. The van der Waals surface area contributed by atoms with Crippen LogP contribution in [0.4, 0.5) is 0 Å². The average molecular weight is 215 g/mol. The van der Waals surface area contributed by atoms with Crippen molar-refractivity contribution in [3.63, 3.8) is 0 Å². The number of nitrogens with zero attached hydrogens (tertiary/aromatic N) is 2. The van der Waals surface area contributed by atoms with E-state index < -0.39 is 0 Å². The van der Waals surface area contributed by atoms with E-state index in [2.05, 4.69) is 30.6 Å². The summed E-state index contributed by atoms with van der Waals surface area (Å²) in [6.45, 7) is 11.9. The van der Waals surface area contributed by atoms with E-state index in [4.69, 9.17) is 5.73 Å². The van der Waals surface area contributed by atoms with Gasteiger partial charge in [-0.3, -0.25) is 9.69 Å². The largest absolute Gasteiger partial charge is 0.369 e. The minimum absolute atomic E-state index is 0.236. The van der Waals surface area contributed by atoms with Crippen molar-refractivity contribution in [2.24, 2.45) is 5.73 Å². The third kappa shape index (κ3) is 7.33. The maximum atomic E-state index is 10.7. The van der Waals surface area contributed by atoms with Crippen LogP contribution in [0.5, 0.6) is 0 Å². The fourth-order valence-corrected chi connectivity index (χ4v) is 1.63. The molecule has 4 nitrogen and oxygen atoms in total. The number of carbonyl (C=O) groups is 1. The molecule has 0 aromatic rings. The highest BCUT2D eigenvalue weighted by atomic mass is 16.1. The monoisotopic (exact) mass is 215 g/mol. The normalized spacial score (nSPS) is 11.3. The van der Waals surface area contributed by atoms with E-state index in [9.17, 15) is 4.79 Å². The SMILES string of the molecule is CCN(CC)CCCN(CC)CC(N)=O. The van der Waals surface area contributed by atoms with E-state index in [1.807, 2.05) is 0 Å². The Morgan fingerprint density at radius 1 is 1.00 bits per heavy atom. The van der Waals surface area contributed by atoms with Crippen LogP contribution in [0, 0.1) is 0 Å². The molecule has 4 heteroatoms. The lowest BCUT2D eigenvalue weighted by atomic mass is 10.3. The molecule has 2 N–H and O–H groups in total. The summed E-state index contributed by atoms with van der Waals surface area (Å²) in [4.78, 5) is 15.2. The molecule has 0 aliphatic rings. The molecular weight excluding hydrogens is 190 g/mol. The lowest BCUT2D eigenvalue weighted by Gasteiger charge is -2.22. The molecule has 0 aromatic carbocycles. The molecular formula is C11H25N3O. The number of hydrogen-bond acceptors (Lipinski definition) is 3. The lowest BCUT2D eigenvalue weighted by molar-refractivity contribution is -0.119. The van der Waals surface area contributed by atoms with Crippen molar-refractivity contribution in [3.05, 3.63) is 0 Å². The molecule has 0 radical (unpaired) electrons. The van der Waals surface area contributed by atoms with Crippen LogP contribution in [0.2, 0.25) is 0 Å². The predicted molar refractivity (Wildman–Crippen MR) is 63.7 cm³/mol. The van der Waals surface area contributed by atoms with Crippen molar-refractivity contribution in [2.75, 3.05) is 39.3 Å². The molecule has 0 atom stereocenters. The van der Waals surface area contributed by atoms with Gasteiger partial charge in [0, 0.05) is 0 Å². The molecule has 0 rings (SSSR count). The third-order valence-corrected chi connectivity index (χ3v) is 2.67. The van der Waals surface area contributed by atoms with Gasteiger partial charge in [-0.2, -0.15) is 0 Å². The summed E-state index contributed by atoms with van der Waals surface area (Å²) < 4.78 is 0. The van der Waals surface area contributed by atoms with Gasteiger partial charge in [-0.25, -0.2) is 0 Å². The van der Waals surface area contributed by atoms with Gasteiger partial charge in [0.1, 0.15) is 0 Å². The Hall–Kier alpha value is -0.610. The van der Waals surface area contributed by atoms with Gasteiger partial charge in [0.25, 0.3) is 0 Å². The highest BCUT2D eigenvalue weighted by Gasteiger charge is 2.06. The Kier molecular flexibility index (Phi) is 8.33. The van der Waals surface area contributed by atoms with Crippen LogP contribution in [0.15, 0.2) is 0 Å². The Morgan fingerprint density at radius 3 is 1.87 bits per heavy atom. The Morgan fingerprint density at radius 2 is 1.47 bits per heavy atom. The first-order chi connectivity index (χ1) is 7.13. The van der Waals surface area contributed by atoms with Gasteiger partial charge in [-0.1, -0.05) is 20.8 Å². The van der Waals surface area contributed by atoms with Crippen molar-refractivity contribution in [1.29, 1.82) is 0 Å². The van der Waals surface area contributed by atoms with Crippen molar-refractivity contribution >= 4 is 5.91 Å². The summed E-state index contributed by atoms with van der Waals surface area (Å²) in [6, 6.07) is 0. The Balaban J connectivity index is 3.66. The van der Waals surface area contributed by atoms with Crippen molar-refractivity contribution in [2.45, 2.75) is 27.2 Å². The summed E-state index contributed by atoms with van der Waals surface area (Å²) >= 11 is 0. The van der Waals surface area contributed by atoms with E-state index in [1.54, 1.807) is 0 Å². The molecule has 15 heavy (non-hydrogen) atoms. The first-order valence-corrected chi connectivity index (χ1v) is 5.87. The zero-order valence-corrected chi connectivity index (χ0v) is 10.3. The van der Waals surface area contributed by atoms with Crippen LogP contribution in [-0.4, -0.2) is 55.0 Å². The van der Waals surface area contributed by atoms with Crippen LogP contribution < -0.4 is 5.73 Å². The Bertz CT molecular complexity index is 169. The minimum atomic E-state index is -0.236. The minimum Gasteiger partial charge on any atom is -0.369 e. The van der Waals surface area contributed by atoms with Crippen LogP contribution in [0.1, 0.15) is 27.2 Å². The van der Waals surface area contributed by atoms with Crippen LogP contribution >= 0.6 is 0 Å². The molecule has 0 spiro atoms. The van der Waals surface area contributed by atoms with E-state index >= 15 is 0 Å². The van der Waals surface area contributed by atoms with Gasteiger partial charge in [0.15, 0.2) is 0 Å². The van der Waals surface area contributed by atoms with Crippen molar-refractivity contribution in [1.82, 2.24) is 9.80 Å². The summed E-state index contributed by atoms with van der Waals surface area (Å²) in [5.74, 6) is -0.236. The smallest absolute Gasteiger partial charge is 0.231 e. The van der Waals surface area contributed by atoms with E-state index in [1.165, 1.54) is 0 Å². The highest BCUT2D eigenvalue weighted by molar-refractivity contribution is 5.75. The van der Waals surface area contributed by atoms with Gasteiger partial charge in [-0.05, 0) is 39.1 Å². The summed E-state index contributed by atoms with van der Waals surface area (Å²) in [6.07, 6.45) is 1.10. The molecule has 0 unspecified atom stereocenters. The quantitative estimate of drug-likeness (QED) is 0.610. The van der Waals surface area contributed by atoms with E-state index in [0.29, 0.717) is 6.54 Å². The second-order valence-corrected chi connectivity index (χ2v) is 3.72.